The molecule has 2 rings (SSSR count). The van der Waals surface area contributed by atoms with Crippen molar-refractivity contribution in [1.29, 1.82) is 0 Å². The molecule has 0 atom stereocenters. The molecular weight excluding hydrogens is 238 g/mol. The van der Waals surface area contributed by atoms with Crippen LogP contribution in [0.25, 0.3) is 0 Å². The van der Waals surface area contributed by atoms with E-state index < -0.39 is 5.41 Å². The molecule has 1 amide bonds. The summed E-state index contributed by atoms with van der Waals surface area (Å²) in [5, 5.41) is 3.01. The monoisotopic (exact) mass is 261 g/mol. The predicted molar refractivity (Wildman–Crippen MR) is 76.7 cm³/mol. The van der Waals surface area contributed by atoms with Crippen molar-refractivity contribution in [1.82, 2.24) is 4.98 Å². The zero-order valence-corrected chi connectivity index (χ0v) is 11.8. The minimum absolute atomic E-state index is 0.0537. The van der Waals surface area contributed by atoms with Crippen LogP contribution in [0.5, 0.6) is 0 Å². The van der Waals surface area contributed by atoms with Gasteiger partial charge in [-0.15, -0.1) is 0 Å². The van der Waals surface area contributed by atoms with Crippen LogP contribution in [0.1, 0.15) is 38.2 Å². The summed E-state index contributed by atoms with van der Waals surface area (Å²) in [5.41, 5.74) is 7.32. The number of rotatable bonds is 3. The van der Waals surface area contributed by atoms with E-state index in [1.54, 1.807) is 12.4 Å². The number of nitrogens with zero attached hydrogens (tertiary/aromatic N) is 1. The molecule has 1 aliphatic rings. The fourth-order valence-electron chi connectivity index (χ4n) is 2.69. The van der Waals surface area contributed by atoms with Crippen LogP contribution in [0.15, 0.2) is 18.5 Å². The Kier molecular flexibility index (Phi) is 4.20. The lowest BCUT2D eigenvalue weighted by atomic mass is 9.70. The number of anilines is 1. The van der Waals surface area contributed by atoms with E-state index in [0.29, 0.717) is 12.5 Å². The van der Waals surface area contributed by atoms with E-state index >= 15 is 0 Å². The number of aromatic nitrogens is 1. The smallest absolute Gasteiger partial charge is 0.231 e. The molecule has 0 aromatic carbocycles. The van der Waals surface area contributed by atoms with Crippen molar-refractivity contribution in [3.8, 4) is 0 Å². The maximum Gasteiger partial charge on any atom is 0.231 e. The second kappa shape index (κ2) is 5.70. The highest BCUT2D eigenvalue weighted by Crippen LogP contribution is 2.39. The molecule has 0 saturated heterocycles. The van der Waals surface area contributed by atoms with Gasteiger partial charge in [-0.3, -0.25) is 9.78 Å². The van der Waals surface area contributed by atoms with E-state index in [2.05, 4.69) is 17.2 Å². The van der Waals surface area contributed by atoms with Gasteiger partial charge in [0.05, 0.1) is 17.3 Å². The molecule has 1 aromatic heterocycles. The Morgan fingerprint density at radius 3 is 2.79 bits per heavy atom. The molecule has 3 N–H and O–H groups in total. The van der Waals surface area contributed by atoms with Gasteiger partial charge in [0.1, 0.15) is 0 Å². The largest absolute Gasteiger partial charge is 0.329 e. The van der Waals surface area contributed by atoms with Gasteiger partial charge in [0.15, 0.2) is 0 Å². The topological polar surface area (TPSA) is 68.0 Å². The van der Waals surface area contributed by atoms with Gasteiger partial charge in [-0.1, -0.05) is 6.92 Å². The highest BCUT2D eigenvalue weighted by molar-refractivity contribution is 5.96. The van der Waals surface area contributed by atoms with Gasteiger partial charge in [0.25, 0.3) is 0 Å². The summed E-state index contributed by atoms with van der Waals surface area (Å²) in [5.74, 6) is 0.755. The molecular formula is C15H23N3O. The molecule has 0 spiro atoms. The second-order valence-electron chi connectivity index (χ2n) is 5.81. The standard InChI is InChI=1S/C15H23N3O/c1-11-3-6-15(10-16,7-4-11)14(19)18-13-9-17-8-5-12(13)2/h5,8-9,11H,3-4,6-7,10,16H2,1-2H3,(H,18,19). The molecule has 0 aliphatic heterocycles. The van der Waals surface area contributed by atoms with Crippen LogP contribution in [-0.2, 0) is 4.79 Å². The Morgan fingerprint density at radius 2 is 2.21 bits per heavy atom. The highest BCUT2D eigenvalue weighted by atomic mass is 16.2. The molecule has 19 heavy (non-hydrogen) atoms. The number of carbonyl (C=O) groups excluding carboxylic acids is 1. The van der Waals surface area contributed by atoms with Gasteiger partial charge < -0.3 is 11.1 Å². The average Bonchev–Trinajstić information content (AvgIpc) is 2.42. The van der Waals surface area contributed by atoms with E-state index in [0.717, 1.165) is 36.9 Å². The van der Waals surface area contributed by atoms with E-state index in [-0.39, 0.29) is 5.91 Å². The van der Waals surface area contributed by atoms with Gasteiger partial charge in [-0.25, -0.2) is 0 Å². The second-order valence-corrected chi connectivity index (χ2v) is 5.81. The van der Waals surface area contributed by atoms with Gasteiger partial charge >= 0.3 is 0 Å². The lowest BCUT2D eigenvalue weighted by Gasteiger charge is -2.37. The number of hydrogen-bond donors (Lipinski definition) is 2. The Hall–Kier alpha value is -1.42. The van der Waals surface area contributed by atoms with Crippen molar-refractivity contribution in [2.75, 3.05) is 11.9 Å². The number of carbonyl (C=O) groups is 1. The lowest BCUT2D eigenvalue weighted by molar-refractivity contribution is -0.127. The molecule has 1 heterocycles. The Balaban J connectivity index is 2.12. The van der Waals surface area contributed by atoms with E-state index in [1.807, 2.05) is 13.0 Å². The first kappa shape index (κ1) is 14.0. The molecule has 4 heteroatoms. The maximum absolute atomic E-state index is 12.6. The summed E-state index contributed by atoms with van der Waals surface area (Å²) in [4.78, 5) is 16.6. The van der Waals surface area contributed by atoms with Gasteiger partial charge in [-0.2, -0.15) is 0 Å². The van der Waals surface area contributed by atoms with Crippen LogP contribution < -0.4 is 11.1 Å². The fourth-order valence-corrected chi connectivity index (χ4v) is 2.69. The number of pyridine rings is 1. The summed E-state index contributed by atoms with van der Waals surface area (Å²) < 4.78 is 0. The summed E-state index contributed by atoms with van der Waals surface area (Å²) in [6.07, 6.45) is 7.35. The number of amides is 1. The predicted octanol–water partition coefficient (Wildman–Crippen LogP) is 2.48. The van der Waals surface area contributed by atoms with Crippen molar-refractivity contribution < 1.29 is 4.79 Å². The summed E-state index contributed by atoms with van der Waals surface area (Å²) >= 11 is 0. The first-order valence-corrected chi connectivity index (χ1v) is 6.99. The van der Waals surface area contributed by atoms with E-state index in [1.165, 1.54) is 0 Å². The Morgan fingerprint density at radius 1 is 1.53 bits per heavy atom. The highest BCUT2D eigenvalue weighted by Gasteiger charge is 2.39. The first-order chi connectivity index (χ1) is 9.07. The van der Waals surface area contributed by atoms with E-state index in [9.17, 15) is 4.79 Å². The quantitative estimate of drug-likeness (QED) is 0.878. The number of nitrogens with one attached hydrogen (secondary N) is 1. The molecule has 0 radical (unpaired) electrons. The molecule has 1 saturated carbocycles. The zero-order chi connectivity index (χ0) is 13.9. The molecule has 0 unspecified atom stereocenters. The molecule has 0 bridgehead atoms. The number of hydrogen-bond acceptors (Lipinski definition) is 3. The lowest BCUT2D eigenvalue weighted by Crippen LogP contribution is -2.44. The molecule has 1 fully saturated rings. The van der Waals surface area contributed by atoms with Crippen molar-refractivity contribution in [2.24, 2.45) is 17.1 Å². The average molecular weight is 261 g/mol. The summed E-state index contributed by atoms with van der Waals surface area (Å²) in [6, 6.07) is 1.90. The first-order valence-electron chi connectivity index (χ1n) is 6.99. The summed E-state index contributed by atoms with van der Waals surface area (Å²) in [6.45, 7) is 4.63. The summed E-state index contributed by atoms with van der Waals surface area (Å²) in [7, 11) is 0. The number of nitrogens with two attached hydrogens (primary N) is 1. The maximum atomic E-state index is 12.6. The third-order valence-corrected chi connectivity index (χ3v) is 4.39. The number of aryl methyl sites for hydroxylation is 1. The molecule has 1 aromatic rings. The van der Waals surface area contributed by atoms with Gasteiger partial charge in [0.2, 0.25) is 5.91 Å². The van der Waals surface area contributed by atoms with Gasteiger partial charge in [-0.05, 0) is 50.2 Å². The molecule has 4 nitrogen and oxygen atoms in total. The minimum Gasteiger partial charge on any atom is -0.329 e. The normalized spacial score (nSPS) is 27.0. The van der Waals surface area contributed by atoms with Crippen LogP contribution in [0.3, 0.4) is 0 Å². The van der Waals surface area contributed by atoms with Crippen LogP contribution in [-0.4, -0.2) is 17.4 Å². The minimum atomic E-state index is -0.394. The molecule has 104 valence electrons. The van der Waals surface area contributed by atoms with Crippen molar-refractivity contribution in [3.63, 3.8) is 0 Å². The van der Waals surface area contributed by atoms with Crippen LogP contribution in [0.4, 0.5) is 5.69 Å². The van der Waals surface area contributed by atoms with Crippen LogP contribution >= 0.6 is 0 Å². The van der Waals surface area contributed by atoms with Crippen molar-refractivity contribution >= 4 is 11.6 Å². The van der Waals surface area contributed by atoms with Crippen molar-refractivity contribution in [2.45, 2.75) is 39.5 Å². The zero-order valence-electron chi connectivity index (χ0n) is 11.8. The van der Waals surface area contributed by atoms with Crippen LogP contribution in [0, 0.1) is 18.3 Å². The van der Waals surface area contributed by atoms with Gasteiger partial charge in [0, 0.05) is 12.7 Å². The third-order valence-electron chi connectivity index (χ3n) is 4.39. The SMILES string of the molecule is Cc1ccncc1NC(=O)C1(CN)CCC(C)CC1. The van der Waals surface area contributed by atoms with Crippen LogP contribution in [0.2, 0.25) is 0 Å². The van der Waals surface area contributed by atoms with Crippen molar-refractivity contribution in [3.05, 3.63) is 24.0 Å². The third kappa shape index (κ3) is 2.95. The molecule has 1 aliphatic carbocycles. The van der Waals surface area contributed by atoms with E-state index in [4.69, 9.17) is 5.73 Å². The Bertz CT molecular complexity index is 450. The fraction of sp³-hybridized carbons (Fsp3) is 0.600. The Labute approximate surface area is 114 Å².